The number of nitrogen functional groups attached to an aromatic ring is 1. The molecule has 0 atom stereocenters. The predicted molar refractivity (Wildman–Crippen MR) is 151 cm³/mol. The van der Waals surface area contributed by atoms with E-state index >= 15 is 0 Å². The zero-order valence-electron chi connectivity index (χ0n) is 19.9. The van der Waals surface area contributed by atoms with Crippen LogP contribution < -0.4 is 5.73 Å². The van der Waals surface area contributed by atoms with Crippen LogP contribution in [-0.4, -0.2) is 0 Å². The third-order valence-electron chi connectivity index (χ3n) is 7.37. The van der Waals surface area contributed by atoms with Gasteiger partial charge in [0.15, 0.2) is 0 Å². The Morgan fingerprint density at radius 2 is 0.778 bits per heavy atom. The van der Waals surface area contributed by atoms with Gasteiger partial charge in [-0.15, -0.1) is 0 Å². The van der Waals surface area contributed by atoms with E-state index < -0.39 is 0 Å². The molecule has 0 unspecified atom stereocenters. The molecule has 2 N–H and O–H groups in total. The number of nitrogens with two attached hydrogens (primary N) is 1. The van der Waals surface area contributed by atoms with Crippen LogP contribution in [0.5, 0.6) is 0 Å². The fourth-order valence-electron chi connectivity index (χ4n) is 5.82. The molecule has 1 nitrogen and oxygen atoms in total. The van der Waals surface area contributed by atoms with Crippen molar-refractivity contribution in [3.05, 3.63) is 148 Å². The average Bonchev–Trinajstić information content (AvgIpc) is 2.91. The number of fused-ring (bicyclic) bond motifs is 4. The molecule has 2 aliphatic heterocycles. The van der Waals surface area contributed by atoms with Crippen LogP contribution in [0.4, 0.5) is 5.69 Å². The average molecular weight is 500 g/mol. The Kier molecular flexibility index (Phi) is 5.23. The second-order valence-electron chi connectivity index (χ2n) is 9.58. The largest absolute Gasteiger partial charge is 0.398 e. The van der Waals surface area contributed by atoms with Crippen molar-refractivity contribution in [2.75, 3.05) is 5.73 Å². The van der Waals surface area contributed by atoms with Gasteiger partial charge in [0.25, 0.3) is 0 Å². The number of benzene rings is 5. The van der Waals surface area contributed by atoms with Crippen LogP contribution in [0.1, 0.15) is 50.8 Å². The molecule has 0 amide bonds. The first-order chi connectivity index (χ1) is 17.7. The van der Waals surface area contributed by atoms with Gasteiger partial charge in [-0.25, -0.2) is 0 Å². The van der Waals surface area contributed by atoms with Crippen molar-refractivity contribution < 1.29 is 0 Å². The first-order valence-corrected chi connectivity index (χ1v) is 13.9. The zero-order chi connectivity index (χ0) is 24.2. The maximum absolute atomic E-state index is 7.23. The minimum atomic E-state index is 0.112. The molecule has 0 saturated heterocycles. The number of aryl methyl sites for hydroxylation is 1. The lowest BCUT2D eigenvalue weighted by molar-refractivity contribution is 0.875. The number of hydrogen-bond donors (Lipinski definition) is 1. The summed E-state index contributed by atoms with van der Waals surface area (Å²) in [7, 11) is 0. The monoisotopic (exact) mass is 499 g/mol. The van der Waals surface area contributed by atoms with E-state index in [0.717, 1.165) is 5.69 Å². The molecule has 5 aromatic rings. The Morgan fingerprint density at radius 3 is 1.11 bits per heavy atom. The Labute approximate surface area is 220 Å². The summed E-state index contributed by atoms with van der Waals surface area (Å²) < 4.78 is 0. The summed E-state index contributed by atoms with van der Waals surface area (Å²) in [6, 6.07) is 39.8. The van der Waals surface area contributed by atoms with Crippen molar-refractivity contribution in [1.82, 2.24) is 0 Å². The lowest BCUT2D eigenvalue weighted by Crippen LogP contribution is -2.16. The Bertz CT molecular complexity index is 1430. The van der Waals surface area contributed by atoms with E-state index in [9.17, 15) is 0 Å². The molecule has 2 aliphatic rings. The number of hydrogen-bond acceptors (Lipinski definition) is 3. The molecule has 0 fully saturated rings. The van der Waals surface area contributed by atoms with Crippen molar-refractivity contribution in [2.45, 2.75) is 38.3 Å². The van der Waals surface area contributed by atoms with Crippen LogP contribution in [0, 0.1) is 6.92 Å². The minimum absolute atomic E-state index is 0.112. The third-order valence-corrected chi connectivity index (χ3v) is 9.74. The molecule has 0 saturated carbocycles. The van der Waals surface area contributed by atoms with Crippen molar-refractivity contribution >= 4 is 29.2 Å². The smallest absolute Gasteiger partial charge is 0.0398 e. The first-order valence-electron chi connectivity index (χ1n) is 12.3. The van der Waals surface area contributed by atoms with Crippen LogP contribution in [-0.2, 0) is 0 Å². The molecule has 5 aromatic carbocycles. The highest BCUT2D eigenvalue weighted by Gasteiger charge is 2.33. The van der Waals surface area contributed by atoms with Crippen LogP contribution in [0.3, 0.4) is 0 Å². The van der Waals surface area contributed by atoms with Crippen LogP contribution >= 0.6 is 23.5 Å². The molecule has 7 rings (SSSR count). The summed E-state index contributed by atoms with van der Waals surface area (Å²) in [6.45, 7) is 2.21. The van der Waals surface area contributed by atoms with Crippen molar-refractivity contribution in [3.63, 3.8) is 0 Å². The minimum Gasteiger partial charge on any atom is -0.398 e. The SMILES string of the molecule is Cc1cc(C2c3ccccc3Sc3ccccc32)c(N)c(C2c3ccccc3Sc3ccccc32)c1. The van der Waals surface area contributed by atoms with Crippen molar-refractivity contribution in [1.29, 1.82) is 0 Å². The van der Waals surface area contributed by atoms with Gasteiger partial charge in [-0.05, 0) is 64.6 Å². The van der Waals surface area contributed by atoms with Gasteiger partial charge < -0.3 is 5.73 Å². The van der Waals surface area contributed by atoms with E-state index in [2.05, 4.69) is 116 Å². The van der Waals surface area contributed by atoms with Gasteiger partial charge in [-0.2, -0.15) is 0 Å². The number of anilines is 1. The van der Waals surface area contributed by atoms with Gasteiger partial charge in [-0.1, -0.05) is 114 Å². The highest BCUT2D eigenvalue weighted by Crippen LogP contribution is 2.53. The van der Waals surface area contributed by atoms with Gasteiger partial charge in [0.2, 0.25) is 0 Å². The molecule has 0 aliphatic carbocycles. The highest BCUT2D eigenvalue weighted by molar-refractivity contribution is 7.99. The van der Waals surface area contributed by atoms with Crippen LogP contribution in [0.2, 0.25) is 0 Å². The topological polar surface area (TPSA) is 26.0 Å². The summed E-state index contributed by atoms with van der Waals surface area (Å²) in [5, 5.41) is 0. The normalized spacial score (nSPS) is 14.5. The van der Waals surface area contributed by atoms with Crippen LogP contribution in [0.15, 0.2) is 129 Å². The Morgan fingerprint density at radius 1 is 0.472 bits per heavy atom. The molecule has 174 valence electrons. The summed E-state index contributed by atoms with van der Waals surface area (Å²) in [4.78, 5) is 5.25. The molecular weight excluding hydrogens is 475 g/mol. The summed E-state index contributed by atoms with van der Waals surface area (Å²) in [5.41, 5.74) is 17.1. The summed E-state index contributed by atoms with van der Waals surface area (Å²) in [6.07, 6.45) is 0. The van der Waals surface area contributed by atoms with Gasteiger partial charge in [0.1, 0.15) is 0 Å². The lowest BCUT2D eigenvalue weighted by atomic mass is 9.78. The van der Waals surface area contributed by atoms with Crippen molar-refractivity contribution in [3.8, 4) is 0 Å². The number of rotatable bonds is 2. The quantitative estimate of drug-likeness (QED) is 0.241. The lowest BCUT2D eigenvalue weighted by Gasteiger charge is -2.33. The summed E-state index contributed by atoms with van der Waals surface area (Å²) in [5.74, 6) is 0.224. The fourth-order valence-corrected chi connectivity index (χ4v) is 8.10. The summed E-state index contributed by atoms with van der Waals surface area (Å²) >= 11 is 3.72. The van der Waals surface area contributed by atoms with Crippen molar-refractivity contribution in [2.24, 2.45) is 0 Å². The van der Waals surface area contributed by atoms with E-state index in [1.807, 2.05) is 23.5 Å². The van der Waals surface area contributed by atoms with Gasteiger partial charge in [-0.3, -0.25) is 0 Å². The molecular formula is C33H25NS2. The van der Waals surface area contributed by atoms with E-state index in [1.54, 1.807) is 0 Å². The van der Waals surface area contributed by atoms with E-state index in [4.69, 9.17) is 5.73 Å². The van der Waals surface area contributed by atoms with E-state index in [1.165, 1.54) is 58.5 Å². The highest BCUT2D eigenvalue weighted by atomic mass is 32.2. The maximum atomic E-state index is 7.23. The van der Waals surface area contributed by atoms with Gasteiger partial charge in [0.05, 0.1) is 0 Å². The third kappa shape index (κ3) is 3.42. The Hall–Kier alpha value is -3.40. The molecule has 2 heterocycles. The molecule has 0 aromatic heterocycles. The van der Waals surface area contributed by atoms with Gasteiger partial charge in [0, 0.05) is 37.1 Å². The van der Waals surface area contributed by atoms with Crippen LogP contribution in [0.25, 0.3) is 0 Å². The second-order valence-corrected chi connectivity index (χ2v) is 11.7. The molecule has 0 bridgehead atoms. The zero-order valence-corrected chi connectivity index (χ0v) is 21.6. The molecule has 3 heteroatoms. The maximum Gasteiger partial charge on any atom is 0.0398 e. The second kappa shape index (κ2) is 8.62. The van der Waals surface area contributed by atoms with E-state index in [-0.39, 0.29) is 11.8 Å². The first kappa shape index (κ1) is 21.8. The van der Waals surface area contributed by atoms with Gasteiger partial charge >= 0.3 is 0 Å². The fraction of sp³-hybridized carbons (Fsp3) is 0.0909. The Balaban J connectivity index is 1.49. The standard InChI is InChI=1S/C33H25NS2/c1-20-18-25(31-21-10-2-6-14-27(21)35-28-15-7-3-11-22(28)31)33(34)26(19-20)32-23-12-4-8-16-29(23)36-30-17-9-5-13-24(30)32/h2-19,31-32H,34H2,1H3. The molecule has 36 heavy (non-hydrogen) atoms. The molecule has 0 radical (unpaired) electrons. The molecule has 0 spiro atoms. The van der Waals surface area contributed by atoms with E-state index in [0.29, 0.717) is 0 Å². The predicted octanol–water partition coefficient (Wildman–Crippen LogP) is 8.87.